The van der Waals surface area contributed by atoms with Gasteiger partial charge in [-0.2, -0.15) is 0 Å². The first-order valence-corrected chi connectivity index (χ1v) is 8.41. The zero-order valence-electron chi connectivity index (χ0n) is 14.5. The average Bonchev–Trinajstić information content (AvgIpc) is 2.63. The van der Waals surface area contributed by atoms with Crippen LogP contribution in [0.5, 0.6) is 0 Å². The molecule has 0 aliphatic rings. The lowest BCUT2D eigenvalue weighted by molar-refractivity contribution is -0.130. The summed E-state index contributed by atoms with van der Waals surface area (Å²) in [4.78, 5) is 27.0. The quantitative estimate of drug-likeness (QED) is 0.727. The largest absolute Gasteiger partial charge is 0.393 e. The third kappa shape index (κ3) is 3.42. The van der Waals surface area contributed by atoms with Crippen molar-refractivity contribution in [2.45, 2.75) is 26.0 Å². The number of likely N-dealkylation sites (N-methyl/N-ethyl adjacent to an activating group) is 1. The van der Waals surface area contributed by atoms with Crippen molar-refractivity contribution in [1.82, 2.24) is 9.47 Å². The molecule has 0 aliphatic heterocycles. The number of fused-ring (bicyclic) bond motifs is 2. The van der Waals surface area contributed by atoms with E-state index in [0.717, 1.165) is 11.0 Å². The summed E-state index contributed by atoms with van der Waals surface area (Å²) in [7, 11) is 1.73. The van der Waals surface area contributed by atoms with E-state index in [-0.39, 0.29) is 17.9 Å². The molecule has 3 aromatic rings. The molecule has 1 amide bonds. The van der Waals surface area contributed by atoms with E-state index in [1.54, 1.807) is 31.0 Å². The van der Waals surface area contributed by atoms with Crippen LogP contribution in [0.25, 0.3) is 21.8 Å². The Morgan fingerprint density at radius 3 is 2.12 bits per heavy atom. The minimum atomic E-state index is -0.440. The maximum absolute atomic E-state index is 12.7. The summed E-state index contributed by atoms with van der Waals surface area (Å²) in [5.74, 6) is -0.0559. The van der Waals surface area contributed by atoms with Gasteiger partial charge in [0.2, 0.25) is 5.91 Å². The van der Waals surface area contributed by atoms with Gasteiger partial charge in [0.25, 0.3) is 0 Å². The van der Waals surface area contributed by atoms with E-state index in [2.05, 4.69) is 0 Å². The smallest absolute Gasteiger partial charge is 0.242 e. The van der Waals surface area contributed by atoms with Gasteiger partial charge in [0.1, 0.15) is 6.54 Å². The van der Waals surface area contributed by atoms with Gasteiger partial charge in [0.05, 0.1) is 17.1 Å². The van der Waals surface area contributed by atoms with E-state index in [1.165, 1.54) is 0 Å². The molecule has 2 aromatic carbocycles. The van der Waals surface area contributed by atoms with Gasteiger partial charge in [-0.05, 0) is 37.6 Å². The minimum Gasteiger partial charge on any atom is -0.393 e. The molecule has 3 rings (SSSR count). The molecule has 1 unspecified atom stereocenters. The molecule has 1 heterocycles. The van der Waals surface area contributed by atoms with Crippen molar-refractivity contribution >= 4 is 27.7 Å². The van der Waals surface area contributed by atoms with Gasteiger partial charge in [0, 0.05) is 24.4 Å². The minimum absolute atomic E-state index is 0.0163. The number of aliphatic hydroxyl groups excluding tert-OH is 1. The van der Waals surface area contributed by atoms with Gasteiger partial charge in [-0.25, -0.2) is 0 Å². The van der Waals surface area contributed by atoms with Crippen molar-refractivity contribution in [2.24, 2.45) is 0 Å². The average molecular weight is 338 g/mol. The van der Waals surface area contributed by atoms with E-state index < -0.39 is 6.10 Å². The summed E-state index contributed by atoms with van der Waals surface area (Å²) in [6.07, 6.45) is 0.0952. The van der Waals surface area contributed by atoms with Gasteiger partial charge < -0.3 is 14.6 Å². The van der Waals surface area contributed by atoms with Crippen molar-refractivity contribution in [1.29, 1.82) is 0 Å². The third-order valence-corrected chi connectivity index (χ3v) is 4.48. The highest BCUT2D eigenvalue weighted by Crippen LogP contribution is 2.19. The standard InChI is InChI=1S/C20H22N2O3/c1-14(23)11-12-21(2)19(24)13-22-17-9-5-3-7-15(17)20(25)16-8-4-6-10-18(16)22/h3-10,14,23H,11-13H2,1-2H3. The number of carbonyl (C=O) groups is 1. The second-order valence-corrected chi connectivity index (χ2v) is 6.40. The van der Waals surface area contributed by atoms with Crippen molar-refractivity contribution in [3.8, 4) is 0 Å². The number of pyridine rings is 1. The second kappa shape index (κ2) is 7.07. The Labute approximate surface area is 146 Å². The van der Waals surface area contributed by atoms with Crippen LogP contribution in [0, 0.1) is 0 Å². The molecule has 1 N–H and O–H groups in total. The van der Waals surface area contributed by atoms with Crippen LogP contribution in [0.2, 0.25) is 0 Å². The zero-order chi connectivity index (χ0) is 18.0. The van der Waals surface area contributed by atoms with E-state index in [9.17, 15) is 14.7 Å². The lowest BCUT2D eigenvalue weighted by Crippen LogP contribution is -2.32. The van der Waals surface area contributed by atoms with E-state index >= 15 is 0 Å². The third-order valence-electron chi connectivity index (χ3n) is 4.48. The summed E-state index contributed by atoms with van der Waals surface area (Å²) in [5.41, 5.74) is 1.49. The number of rotatable bonds is 5. The molecule has 0 bridgehead atoms. The van der Waals surface area contributed by atoms with E-state index in [1.807, 2.05) is 41.0 Å². The van der Waals surface area contributed by atoms with Gasteiger partial charge in [-0.15, -0.1) is 0 Å². The molecule has 0 fully saturated rings. The molecule has 0 spiro atoms. The second-order valence-electron chi connectivity index (χ2n) is 6.40. The molecule has 1 aromatic heterocycles. The predicted molar refractivity (Wildman–Crippen MR) is 99.6 cm³/mol. The summed E-state index contributed by atoms with van der Waals surface area (Å²) in [6, 6.07) is 14.7. The Balaban J connectivity index is 2.06. The fourth-order valence-electron chi connectivity index (χ4n) is 3.01. The van der Waals surface area contributed by atoms with Crippen LogP contribution in [0.4, 0.5) is 0 Å². The summed E-state index contributed by atoms with van der Waals surface area (Å²) in [5, 5.41) is 10.6. The van der Waals surface area contributed by atoms with Crippen molar-refractivity contribution < 1.29 is 9.90 Å². The zero-order valence-corrected chi connectivity index (χ0v) is 14.5. The number of benzene rings is 2. The number of hydrogen-bond acceptors (Lipinski definition) is 3. The maximum atomic E-state index is 12.7. The number of hydrogen-bond donors (Lipinski definition) is 1. The van der Waals surface area contributed by atoms with Crippen LogP contribution < -0.4 is 5.43 Å². The number of aliphatic hydroxyl groups is 1. The Morgan fingerprint density at radius 2 is 1.60 bits per heavy atom. The normalized spacial score (nSPS) is 12.4. The molecule has 25 heavy (non-hydrogen) atoms. The topological polar surface area (TPSA) is 62.5 Å². The van der Waals surface area contributed by atoms with Crippen LogP contribution in [0.3, 0.4) is 0 Å². The highest BCUT2D eigenvalue weighted by Gasteiger charge is 2.15. The molecule has 0 saturated heterocycles. The fourth-order valence-corrected chi connectivity index (χ4v) is 3.01. The Hall–Kier alpha value is -2.66. The molecule has 1 atom stereocenters. The molecule has 5 heteroatoms. The summed E-state index contributed by atoms with van der Waals surface area (Å²) < 4.78 is 1.90. The van der Waals surface area contributed by atoms with E-state index in [0.29, 0.717) is 23.7 Å². The number of carbonyl (C=O) groups excluding carboxylic acids is 1. The van der Waals surface area contributed by atoms with Crippen LogP contribution >= 0.6 is 0 Å². The number of para-hydroxylation sites is 2. The first-order chi connectivity index (χ1) is 12.0. The van der Waals surface area contributed by atoms with Crippen molar-refractivity contribution in [3.05, 3.63) is 58.8 Å². The number of aromatic nitrogens is 1. The van der Waals surface area contributed by atoms with Gasteiger partial charge in [-0.1, -0.05) is 24.3 Å². The highest BCUT2D eigenvalue weighted by molar-refractivity contribution is 5.94. The van der Waals surface area contributed by atoms with Gasteiger partial charge in [-0.3, -0.25) is 9.59 Å². The number of nitrogens with zero attached hydrogens (tertiary/aromatic N) is 2. The number of amides is 1. The predicted octanol–water partition coefficient (Wildman–Crippen LogP) is 2.38. The SMILES string of the molecule is CC(O)CCN(C)C(=O)Cn1c2ccccc2c(=O)c2ccccc21. The molecule has 5 nitrogen and oxygen atoms in total. The molecule has 130 valence electrons. The lowest BCUT2D eigenvalue weighted by Gasteiger charge is -2.21. The molecule has 0 aliphatic carbocycles. The van der Waals surface area contributed by atoms with Crippen molar-refractivity contribution in [3.63, 3.8) is 0 Å². The van der Waals surface area contributed by atoms with Crippen LogP contribution in [0.15, 0.2) is 53.3 Å². The van der Waals surface area contributed by atoms with Gasteiger partial charge >= 0.3 is 0 Å². The Bertz CT molecular complexity index is 915. The molecular formula is C20H22N2O3. The Morgan fingerprint density at radius 1 is 1.08 bits per heavy atom. The van der Waals surface area contributed by atoms with Gasteiger partial charge in [0.15, 0.2) is 5.43 Å². The highest BCUT2D eigenvalue weighted by atomic mass is 16.3. The van der Waals surface area contributed by atoms with Crippen LogP contribution in [0.1, 0.15) is 13.3 Å². The maximum Gasteiger partial charge on any atom is 0.242 e. The van der Waals surface area contributed by atoms with E-state index in [4.69, 9.17) is 0 Å². The van der Waals surface area contributed by atoms with Crippen molar-refractivity contribution in [2.75, 3.05) is 13.6 Å². The first-order valence-electron chi connectivity index (χ1n) is 8.41. The molecule has 0 saturated carbocycles. The lowest BCUT2D eigenvalue weighted by atomic mass is 10.1. The van der Waals surface area contributed by atoms with Crippen LogP contribution in [-0.4, -0.2) is 40.2 Å². The summed E-state index contributed by atoms with van der Waals surface area (Å²) in [6.45, 7) is 2.35. The fraction of sp³-hybridized carbons (Fsp3) is 0.300. The van der Waals surface area contributed by atoms with Crippen LogP contribution in [-0.2, 0) is 11.3 Å². The summed E-state index contributed by atoms with van der Waals surface area (Å²) >= 11 is 0. The Kier molecular flexibility index (Phi) is 4.86. The first kappa shape index (κ1) is 17.2. The molecule has 0 radical (unpaired) electrons. The molecular weight excluding hydrogens is 316 g/mol. The monoisotopic (exact) mass is 338 g/mol.